The molecule has 0 amide bonds. The fraction of sp³-hybridized carbons (Fsp3) is 0.692. The van der Waals surface area contributed by atoms with Crippen LogP contribution in [0.15, 0.2) is 5.11 Å². The maximum atomic E-state index is 11.9. The molecular weight excluding hydrogens is 342 g/mol. The number of aliphatic carboxylic acids is 3. The van der Waals surface area contributed by atoms with Gasteiger partial charge in [-0.15, -0.1) is 0 Å². The Morgan fingerprint density at radius 2 is 1.48 bits per heavy atom. The third-order valence-electron chi connectivity index (χ3n) is 3.97. The maximum absolute atomic E-state index is 11.9. The van der Waals surface area contributed by atoms with E-state index in [4.69, 9.17) is 25.6 Å². The predicted molar refractivity (Wildman–Crippen MR) is 77.1 cm³/mol. The minimum atomic E-state index is -1.49. The van der Waals surface area contributed by atoms with E-state index in [1.54, 1.807) is 0 Å². The molecule has 0 bridgehead atoms. The van der Waals surface area contributed by atoms with Crippen LogP contribution in [0.2, 0.25) is 0 Å². The van der Waals surface area contributed by atoms with E-state index in [9.17, 15) is 19.2 Å². The summed E-state index contributed by atoms with van der Waals surface area (Å²) >= 11 is 0. The van der Waals surface area contributed by atoms with Gasteiger partial charge in [-0.1, -0.05) is 5.11 Å². The fourth-order valence-corrected chi connectivity index (χ4v) is 3.03. The quantitative estimate of drug-likeness (QED) is 0.238. The molecule has 0 aliphatic carbocycles. The third-order valence-corrected chi connectivity index (χ3v) is 3.97. The molecule has 138 valence electrons. The third kappa shape index (κ3) is 5.33. The molecule has 1 aliphatic rings. The van der Waals surface area contributed by atoms with Gasteiger partial charge >= 0.3 is 23.9 Å². The highest BCUT2D eigenvalue weighted by Gasteiger charge is 2.50. The van der Waals surface area contributed by atoms with E-state index < -0.39 is 73.2 Å². The van der Waals surface area contributed by atoms with E-state index in [1.165, 1.54) is 0 Å². The fourth-order valence-electron chi connectivity index (χ4n) is 3.03. The summed E-state index contributed by atoms with van der Waals surface area (Å²) in [6.45, 7) is 0. The molecule has 5 atom stereocenters. The highest BCUT2D eigenvalue weighted by Crippen LogP contribution is 2.42. The molecule has 1 fully saturated rings. The number of nitrogens with zero attached hydrogens (tertiary/aromatic N) is 3. The number of methoxy groups -OCH3 is 1. The Morgan fingerprint density at radius 1 is 1.00 bits per heavy atom. The van der Waals surface area contributed by atoms with Crippen molar-refractivity contribution >= 4 is 23.9 Å². The Bertz CT molecular complexity index is 602. The number of hydrogen-bond donors (Lipinski definition) is 3. The molecule has 1 heterocycles. The van der Waals surface area contributed by atoms with Gasteiger partial charge < -0.3 is 24.8 Å². The van der Waals surface area contributed by atoms with Crippen molar-refractivity contribution in [1.29, 1.82) is 0 Å². The van der Waals surface area contributed by atoms with Crippen molar-refractivity contribution in [3.8, 4) is 0 Å². The SMILES string of the molecule is COC(=O)[C@H]1O[C@@H](N=[N+]=[N-])[C@H](CC(=O)O)[C@@H](CC(=O)O)[C@@H]1CC(=O)O. The molecule has 12 nitrogen and oxygen atoms in total. The summed E-state index contributed by atoms with van der Waals surface area (Å²) in [7, 11) is 1.03. The number of ether oxygens (including phenoxy) is 2. The first-order chi connectivity index (χ1) is 11.7. The summed E-state index contributed by atoms with van der Waals surface area (Å²) in [5.74, 6) is -8.28. The van der Waals surface area contributed by atoms with Gasteiger partial charge in [0.2, 0.25) is 0 Å². The average Bonchev–Trinajstić information content (AvgIpc) is 2.50. The van der Waals surface area contributed by atoms with E-state index in [0.717, 1.165) is 7.11 Å². The molecule has 1 rings (SSSR count). The normalized spacial score (nSPS) is 28.4. The molecule has 0 aromatic heterocycles. The summed E-state index contributed by atoms with van der Waals surface area (Å²) in [5, 5.41) is 30.5. The van der Waals surface area contributed by atoms with Gasteiger partial charge in [-0.25, -0.2) is 4.79 Å². The van der Waals surface area contributed by atoms with Crippen molar-refractivity contribution < 1.29 is 44.0 Å². The number of carboxylic acid groups (broad SMARTS) is 3. The van der Waals surface area contributed by atoms with Crippen LogP contribution in [-0.2, 0) is 28.7 Å². The van der Waals surface area contributed by atoms with Crippen molar-refractivity contribution in [2.75, 3.05) is 7.11 Å². The summed E-state index contributed by atoms with van der Waals surface area (Å²) in [5.41, 5.74) is 8.64. The lowest BCUT2D eigenvalue weighted by Gasteiger charge is -2.43. The second-order valence-electron chi connectivity index (χ2n) is 5.46. The van der Waals surface area contributed by atoms with Crippen LogP contribution in [0.25, 0.3) is 10.4 Å². The zero-order valence-electron chi connectivity index (χ0n) is 13.1. The standard InChI is InChI=1S/C13H17N3O9/c1-24-13(23)11-6(3-9(19)20)5(2-8(17)18)7(4-10(21)22)12(25-11)15-16-14/h5-7,11-12H,2-4H2,1H3,(H,17,18)(H,19,20)(H,21,22)/t5-,6-,7+,11-,12+/m0/s1. The molecule has 3 N–H and O–H groups in total. The monoisotopic (exact) mass is 359 g/mol. The summed E-state index contributed by atoms with van der Waals surface area (Å²) in [6, 6.07) is 0. The lowest BCUT2D eigenvalue weighted by Crippen LogP contribution is -2.52. The van der Waals surface area contributed by atoms with Crippen molar-refractivity contribution in [2.45, 2.75) is 31.6 Å². The molecule has 0 aromatic rings. The van der Waals surface area contributed by atoms with E-state index >= 15 is 0 Å². The van der Waals surface area contributed by atoms with Crippen LogP contribution in [0, 0.1) is 17.8 Å². The zero-order valence-corrected chi connectivity index (χ0v) is 13.1. The number of azide groups is 1. The Hall–Kier alpha value is -2.85. The van der Waals surface area contributed by atoms with Crippen molar-refractivity contribution in [1.82, 2.24) is 0 Å². The molecule has 25 heavy (non-hydrogen) atoms. The van der Waals surface area contributed by atoms with Crippen LogP contribution in [-0.4, -0.2) is 58.6 Å². The molecule has 0 spiro atoms. The number of hydrogen-bond acceptors (Lipinski definition) is 7. The van der Waals surface area contributed by atoms with Crippen LogP contribution >= 0.6 is 0 Å². The molecule has 0 unspecified atom stereocenters. The Balaban J connectivity index is 3.38. The number of esters is 1. The van der Waals surface area contributed by atoms with Gasteiger partial charge in [-0.2, -0.15) is 0 Å². The lowest BCUT2D eigenvalue weighted by molar-refractivity contribution is -0.192. The largest absolute Gasteiger partial charge is 0.481 e. The first-order valence-electron chi connectivity index (χ1n) is 7.14. The van der Waals surface area contributed by atoms with E-state index in [2.05, 4.69) is 14.8 Å². The highest BCUT2D eigenvalue weighted by molar-refractivity contribution is 5.77. The second-order valence-corrected chi connectivity index (χ2v) is 5.46. The molecule has 1 saturated heterocycles. The maximum Gasteiger partial charge on any atom is 0.335 e. The first kappa shape index (κ1) is 20.2. The topological polar surface area (TPSA) is 196 Å². The van der Waals surface area contributed by atoms with E-state index in [-0.39, 0.29) is 0 Å². The van der Waals surface area contributed by atoms with Crippen LogP contribution < -0.4 is 0 Å². The molecule has 12 heteroatoms. The lowest BCUT2D eigenvalue weighted by atomic mass is 9.71. The average molecular weight is 359 g/mol. The molecule has 1 aliphatic heterocycles. The van der Waals surface area contributed by atoms with Gasteiger partial charge in [0.1, 0.15) is 6.23 Å². The summed E-state index contributed by atoms with van der Waals surface area (Å²) in [4.78, 5) is 47.9. The van der Waals surface area contributed by atoms with Gasteiger partial charge in [0.05, 0.1) is 20.0 Å². The minimum Gasteiger partial charge on any atom is -0.481 e. The van der Waals surface area contributed by atoms with Crippen LogP contribution in [0.3, 0.4) is 0 Å². The Labute approximate surface area is 141 Å². The van der Waals surface area contributed by atoms with Crippen molar-refractivity contribution in [2.24, 2.45) is 22.9 Å². The number of carboxylic acids is 3. The van der Waals surface area contributed by atoms with Gasteiger partial charge in [0.25, 0.3) is 0 Å². The Kier molecular flexibility index (Phi) is 7.15. The minimum absolute atomic E-state index is 0.619. The van der Waals surface area contributed by atoms with Crippen molar-refractivity contribution in [3.63, 3.8) is 0 Å². The summed E-state index contributed by atoms with van der Waals surface area (Å²) < 4.78 is 9.85. The van der Waals surface area contributed by atoms with Gasteiger partial charge in [0, 0.05) is 23.2 Å². The first-order valence-corrected chi connectivity index (χ1v) is 7.14. The van der Waals surface area contributed by atoms with Crippen LogP contribution in [0.5, 0.6) is 0 Å². The molecule has 0 aromatic carbocycles. The number of carbonyl (C=O) groups excluding carboxylic acids is 1. The van der Waals surface area contributed by atoms with Gasteiger partial charge in [-0.05, 0) is 11.4 Å². The van der Waals surface area contributed by atoms with Gasteiger partial charge in [-0.3, -0.25) is 14.4 Å². The van der Waals surface area contributed by atoms with Crippen LogP contribution in [0.4, 0.5) is 0 Å². The van der Waals surface area contributed by atoms with Crippen molar-refractivity contribution in [3.05, 3.63) is 10.4 Å². The highest BCUT2D eigenvalue weighted by atomic mass is 16.6. The Morgan fingerprint density at radius 3 is 1.92 bits per heavy atom. The molecule has 0 radical (unpaired) electrons. The second kappa shape index (κ2) is 8.85. The smallest absolute Gasteiger partial charge is 0.335 e. The number of carbonyl (C=O) groups is 4. The van der Waals surface area contributed by atoms with Crippen LogP contribution in [0.1, 0.15) is 19.3 Å². The molecule has 0 saturated carbocycles. The van der Waals surface area contributed by atoms with E-state index in [0.29, 0.717) is 0 Å². The zero-order chi connectivity index (χ0) is 19.1. The predicted octanol–water partition coefficient (Wildman–Crippen LogP) is 0.467. The number of rotatable bonds is 8. The van der Waals surface area contributed by atoms with Gasteiger partial charge in [0.15, 0.2) is 6.10 Å². The van der Waals surface area contributed by atoms with E-state index in [1.807, 2.05) is 0 Å². The summed E-state index contributed by atoms with van der Waals surface area (Å²) in [6.07, 6.45) is -4.82. The molecular formula is C13H17N3O9.